The Morgan fingerprint density at radius 3 is 2.37 bits per heavy atom. The fraction of sp³-hybridized carbons (Fsp3) is 0.125. The Bertz CT molecular complexity index is 1240. The van der Waals surface area contributed by atoms with Crippen LogP contribution in [0.2, 0.25) is 0 Å². The Balaban J connectivity index is 1.51. The third-order valence-corrected chi connectivity index (χ3v) is 4.53. The molecule has 0 radical (unpaired) electrons. The molecule has 0 atom stereocenters. The maximum atomic E-state index is 12.4. The Kier molecular flexibility index (Phi) is 8.33. The Labute approximate surface area is 200 Å². The monoisotopic (exact) mass is 479 g/mol. The molecule has 1 amide bonds. The summed E-state index contributed by atoms with van der Waals surface area (Å²) in [5.41, 5.74) is 2.94. The quantitative estimate of drug-likeness (QED) is 0.154. The van der Waals surface area contributed by atoms with E-state index < -0.39 is 23.4 Å². The first kappa shape index (κ1) is 24.7. The molecule has 0 aliphatic carbocycles. The van der Waals surface area contributed by atoms with E-state index >= 15 is 0 Å². The fourth-order valence-electron chi connectivity index (χ4n) is 2.84. The van der Waals surface area contributed by atoms with Gasteiger partial charge in [0.05, 0.1) is 30.9 Å². The molecular formula is C24H21N3O8. The van der Waals surface area contributed by atoms with Gasteiger partial charge in [0.1, 0.15) is 5.75 Å². The van der Waals surface area contributed by atoms with Gasteiger partial charge in [-0.2, -0.15) is 5.10 Å². The first-order valence-electron chi connectivity index (χ1n) is 10.1. The number of esters is 1. The molecule has 0 aliphatic rings. The number of carbonyl (C=O) groups is 2. The van der Waals surface area contributed by atoms with E-state index in [1.54, 1.807) is 42.5 Å². The number of benzene rings is 3. The lowest BCUT2D eigenvalue weighted by atomic mass is 10.2. The Hall–Kier alpha value is -4.93. The van der Waals surface area contributed by atoms with Gasteiger partial charge in [-0.25, -0.2) is 10.2 Å². The Morgan fingerprint density at radius 1 is 0.971 bits per heavy atom. The molecule has 0 aliphatic heterocycles. The second kappa shape index (κ2) is 11.8. The van der Waals surface area contributed by atoms with Crippen LogP contribution in [0, 0.1) is 10.1 Å². The highest BCUT2D eigenvalue weighted by Crippen LogP contribution is 2.28. The minimum atomic E-state index is -0.597. The molecule has 0 spiro atoms. The molecule has 11 heteroatoms. The molecule has 3 rings (SSSR count). The normalized spacial score (nSPS) is 10.5. The topological polar surface area (TPSA) is 139 Å². The van der Waals surface area contributed by atoms with Crippen LogP contribution in [0.4, 0.5) is 5.69 Å². The number of amides is 1. The van der Waals surface area contributed by atoms with Crippen LogP contribution in [0.3, 0.4) is 0 Å². The molecule has 0 heterocycles. The molecule has 0 saturated heterocycles. The second-order valence-electron chi connectivity index (χ2n) is 6.84. The molecule has 1 N–H and O–H groups in total. The zero-order valence-corrected chi connectivity index (χ0v) is 18.8. The average molecular weight is 479 g/mol. The zero-order valence-electron chi connectivity index (χ0n) is 18.8. The van der Waals surface area contributed by atoms with Crippen LogP contribution in [0.1, 0.15) is 15.9 Å². The minimum Gasteiger partial charge on any atom is -0.493 e. The summed E-state index contributed by atoms with van der Waals surface area (Å²) in [5.74, 6) is 0.0208. The van der Waals surface area contributed by atoms with Crippen molar-refractivity contribution >= 4 is 23.8 Å². The second-order valence-corrected chi connectivity index (χ2v) is 6.84. The van der Waals surface area contributed by atoms with Crippen molar-refractivity contribution in [1.29, 1.82) is 0 Å². The number of ether oxygens (including phenoxy) is 4. The van der Waals surface area contributed by atoms with Crippen molar-refractivity contribution < 1.29 is 33.5 Å². The van der Waals surface area contributed by atoms with Crippen LogP contribution in [-0.2, 0) is 4.79 Å². The van der Waals surface area contributed by atoms with Crippen LogP contribution in [0.5, 0.6) is 23.0 Å². The highest BCUT2D eigenvalue weighted by Gasteiger charge is 2.15. The average Bonchev–Trinajstić information content (AvgIpc) is 2.88. The predicted molar refractivity (Wildman–Crippen MR) is 125 cm³/mol. The zero-order chi connectivity index (χ0) is 25.2. The van der Waals surface area contributed by atoms with Gasteiger partial charge in [-0.3, -0.25) is 14.9 Å². The van der Waals surface area contributed by atoms with Gasteiger partial charge in [0.25, 0.3) is 5.91 Å². The van der Waals surface area contributed by atoms with Crippen LogP contribution in [0.25, 0.3) is 0 Å². The summed E-state index contributed by atoms with van der Waals surface area (Å²) in [6.45, 7) is -0.451. The number of hydrogen-bond acceptors (Lipinski definition) is 9. The number of hydrazone groups is 1. The predicted octanol–water partition coefficient (Wildman–Crippen LogP) is 3.36. The first-order chi connectivity index (χ1) is 16.9. The van der Waals surface area contributed by atoms with Crippen molar-refractivity contribution in [2.75, 3.05) is 20.8 Å². The highest BCUT2D eigenvalue weighted by molar-refractivity contribution is 5.92. The van der Waals surface area contributed by atoms with Crippen molar-refractivity contribution in [1.82, 2.24) is 5.43 Å². The molecule has 3 aromatic rings. The maximum absolute atomic E-state index is 12.4. The molecule has 0 fully saturated rings. The van der Waals surface area contributed by atoms with Crippen LogP contribution < -0.4 is 24.4 Å². The SMILES string of the molecule is COc1ccc(C(=O)Oc2ccc(C=NNC(=O)COc3ccccc3[N+](=O)[O-])cc2)cc1OC. The molecule has 35 heavy (non-hydrogen) atoms. The first-order valence-corrected chi connectivity index (χ1v) is 10.1. The van der Waals surface area contributed by atoms with Gasteiger partial charge in [-0.05, 0) is 54.1 Å². The number of carbonyl (C=O) groups excluding carboxylic acids is 2. The van der Waals surface area contributed by atoms with E-state index in [0.717, 1.165) is 0 Å². The molecule has 0 unspecified atom stereocenters. The van der Waals surface area contributed by atoms with Crippen molar-refractivity contribution in [3.05, 3.63) is 88.0 Å². The van der Waals surface area contributed by atoms with Crippen molar-refractivity contribution in [2.45, 2.75) is 0 Å². The number of para-hydroxylation sites is 2. The lowest BCUT2D eigenvalue weighted by molar-refractivity contribution is -0.385. The van der Waals surface area contributed by atoms with E-state index in [9.17, 15) is 19.7 Å². The fourth-order valence-corrected chi connectivity index (χ4v) is 2.84. The number of nitro benzene ring substituents is 1. The molecule has 3 aromatic carbocycles. The number of rotatable bonds is 10. The van der Waals surface area contributed by atoms with Gasteiger partial charge < -0.3 is 18.9 Å². The van der Waals surface area contributed by atoms with Crippen molar-refractivity contribution in [2.24, 2.45) is 5.10 Å². The maximum Gasteiger partial charge on any atom is 0.343 e. The smallest absolute Gasteiger partial charge is 0.343 e. The minimum absolute atomic E-state index is 0.0187. The molecule has 11 nitrogen and oxygen atoms in total. The third kappa shape index (κ3) is 6.78. The molecule has 0 saturated carbocycles. The van der Waals surface area contributed by atoms with Gasteiger partial charge in [0, 0.05) is 6.07 Å². The standard InChI is InChI=1S/C24H21N3O8/c1-32-21-12-9-17(13-22(21)33-2)24(29)35-18-10-7-16(8-11-18)14-25-26-23(28)15-34-20-6-4-3-5-19(20)27(30)31/h3-14H,15H2,1-2H3,(H,26,28). The summed E-state index contributed by atoms with van der Waals surface area (Å²) in [6, 6.07) is 16.8. The van der Waals surface area contributed by atoms with Crippen LogP contribution in [-0.4, -0.2) is 43.8 Å². The number of methoxy groups -OCH3 is 2. The van der Waals surface area contributed by atoms with Gasteiger partial charge in [0.15, 0.2) is 23.9 Å². The van der Waals surface area contributed by atoms with E-state index in [0.29, 0.717) is 28.4 Å². The summed E-state index contributed by atoms with van der Waals surface area (Å²) < 4.78 is 20.9. The van der Waals surface area contributed by atoms with Gasteiger partial charge in [0.2, 0.25) is 0 Å². The van der Waals surface area contributed by atoms with Gasteiger partial charge >= 0.3 is 11.7 Å². The summed E-state index contributed by atoms with van der Waals surface area (Å²) in [6.07, 6.45) is 1.38. The molecule has 0 bridgehead atoms. The number of hydrogen-bond donors (Lipinski definition) is 1. The molecular weight excluding hydrogens is 458 g/mol. The molecule has 0 aromatic heterocycles. The third-order valence-electron chi connectivity index (χ3n) is 4.53. The number of nitro groups is 1. The lowest BCUT2D eigenvalue weighted by Crippen LogP contribution is -2.24. The van der Waals surface area contributed by atoms with E-state index in [1.165, 1.54) is 44.7 Å². The van der Waals surface area contributed by atoms with Gasteiger partial charge in [-0.15, -0.1) is 0 Å². The summed E-state index contributed by atoms with van der Waals surface area (Å²) in [4.78, 5) is 34.7. The highest BCUT2D eigenvalue weighted by atomic mass is 16.6. The number of nitrogens with zero attached hydrogens (tertiary/aromatic N) is 2. The largest absolute Gasteiger partial charge is 0.493 e. The van der Waals surface area contributed by atoms with E-state index in [4.69, 9.17) is 18.9 Å². The summed E-state index contributed by atoms with van der Waals surface area (Å²) in [5, 5.41) is 14.8. The summed E-state index contributed by atoms with van der Waals surface area (Å²) >= 11 is 0. The Morgan fingerprint density at radius 2 is 1.69 bits per heavy atom. The van der Waals surface area contributed by atoms with E-state index in [1.807, 2.05) is 0 Å². The van der Waals surface area contributed by atoms with E-state index in [2.05, 4.69) is 10.5 Å². The molecule has 180 valence electrons. The number of nitrogens with one attached hydrogen (secondary N) is 1. The van der Waals surface area contributed by atoms with Crippen LogP contribution in [0.15, 0.2) is 71.8 Å². The summed E-state index contributed by atoms with van der Waals surface area (Å²) in [7, 11) is 2.97. The lowest BCUT2D eigenvalue weighted by Gasteiger charge is -2.09. The van der Waals surface area contributed by atoms with E-state index in [-0.39, 0.29) is 11.4 Å². The van der Waals surface area contributed by atoms with Crippen molar-refractivity contribution in [3.63, 3.8) is 0 Å². The van der Waals surface area contributed by atoms with Gasteiger partial charge in [-0.1, -0.05) is 12.1 Å². The van der Waals surface area contributed by atoms with Crippen molar-refractivity contribution in [3.8, 4) is 23.0 Å². The van der Waals surface area contributed by atoms with Crippen LogP contribution >= 0.6 is 0 Å².